The van der Waals surface area contributed by atoms with Crippen LogP contribution in [0.5, 0.6) is 0 Å². The van der Waals surface area contributed by atoms with Gasteiger partial charge in [0.1, 0.15) is 0 Å². The summed E-state index contributed by atoms with van der Waals surface area (Å²) in [7, 11) is -3.71. The van der Waals surface area contributed by atoms with Gasteiger partial charge >= 0.3 is 5.91 Å². The van der Waals surface area contributed by atoms with E-state index in [1.807, 2.05) is 4.72 Å². The van der Waals surface area contributed by atoms with Crippen molar-refractivity contribution in [1.82, 2.24) is 14.7 Å². The Morgan fingerprint density at radius 2 is 1.95 bits per heavy atom. The Morgan fingerprint density at radius 3 is 2.55 bits per heavy atom. The van der Waals surface area contributed by atoms with Crippen molar-refractivity contribution in [2.75, 3.05) is 0 Å². The van der Waals surface area contributed by atoms with Crippen molar-refractivity contribution < 1.29 is 13.2 Å². The lowest BCUT2D eigenvalue weighted by molar-refractivity contribution is 0.0972. The molecule has 118 valence electrons. The summed E-state index contributed by atoms with van der Waals surface area (Å²) in [6.45, 7) is 4.70. The summed E-state index contributed by atoms with van der Waals surface area (Å²) in [5.41, 5.74) is 1.81. The molecule has 6 nitrogen and oxygen atoms in total. The molecule has 0 aliphatic carbocycles. The number of hydrogen-bond acceptors (Lipinski definition) is 4. The van der Waals surface area contributed by atoms with Crippen LogP contribution in [0.1, 0.15) is 30.2 Å². The Morgan fingerprint density at radius 1 is 1.32 bits per heavy atom. The third kappa shape index (κ3) is 3.31. The SMILES string of the molecule is Cc1[nH]c(C(=O)NS(=O)(=O)C(C)C)nc1-c1ccccc1Cl. The van der Waals surface area contributed by atoms with E-state index < -0.39 is 21.2 Å². The molecule has 2 aromatic rings. The summed E-state index contributed by atoms with van der Waals surface area (Å²) < 4.78 is 25.5. The van der Waals surface area contributed by atoms with Crippen LogP contribution < -0.4 is 4.72 Å². The molecule has 0 unspecified atom stereocenters. The molecule has 1 heterocycles. The van der Waals surface area contributed by atoms with Gasteiger partial charge in [0.05, 0.1) is 16.0 Å². The average molecular weight is 342 g/mol. The first-order valence-electron chi connectivity index (χ1n) is 6.60. The number of H-pyrrole nitrogens is 1. The largest absolute Gasteiger partial charge is 0.337 e. The van der Waals surface area contributed by atoms with Gasteiger partial charge in [-0.2, -0.15) is 0 Å². The fourth-order valence-electron chi connectivity index (χ4n) is 1.78. The number of hydrogen-bond donors (Lipinski definition) is 2. The summed E-state index contributed by atoms with van der Waals surface area (Å²) in [5.74, 6) is -0.869. The molecule has 0 spiro atoms. The molecule has 1 amide bonds. The van der Waals surface area contributed by atoms with E-state index in [0.29, 0.717) is 22.0 Å². The molecule has 22 heavy (non-hydrogen) atoms. The number of halogens is 1. The number of nitrogens with one attached hydrogen (secondary N) is 2. The van der Waals surface area contributed by atoms with E-state index in [1.54, 1.807) is 31.2 Å². The summed E-state index contributed by atoms with van der Waals surface area (Å²) in [4.78, 5) is 19.0. The minimum absolute atomic E-state index is 0.0726. The van der Waals surface area contributed by atoms with Gasteiger partial charge in [-0.05, 0) is 26.8 Å². The lowest BCUT2D eigenvalue weighted by atomic mass is 10.1. The van der Waals surface area contributed by atoms with E-state index in [-0.39, 0.29) is 5.82 Å². The van der Waals surface area contributed by atoms with Crippen LogP contribution in [0.15, 0.2) is 24.3 Å². The van der Waals surface area contributed by atoms with Gasteiger partial charge in [-0.15, -0.1) is 0 Å². The Balaban J connectivity index is 2.35. The number of benzene rings is 1. The summed E-state index contributed by atoms with van der Waals surface area (Å²) in [6, 6.07) is 7.08. The van der Waals surface area contributed by atoms with E-state index in [0.717, 1.165) is 0 Å². The smallest absolute Gasteiger partial charge is 0.300 e. The number of imidazole rings is 1. The van der Waals surface area contributed by atoms with Crippen LogP contribution in [0.2, 0.25) is 5.02 Å². The molecule has 0 saturated heterocycles. The molecule has 0 aliphatic rings. The molecule has 0 fully saturated rings. The maximum atomic E-state index is 12.0. The number of aryl methyl sites for hydroxylation is 1. The van der Waals surface area contributed by atoms with Gasteiger partial charge in [0.25, 0.3) is 0 Å². The lowest BCUT2D eigenvalue weighted by Crippen LogP contribution is -2.36. The highest BCUT2D eigenvalue weighted by Crippen LogP contribution is 2.28. The number of amides is 1. The topological polar surface area (TPSA) is 91.9 Å². The molecule has 0 atom stereocenters. The number of nitrogens with zero attached hydrogens (tertiary/aromatic N) is 1. The summed E-state index contributed by atoms with van der Waals surface area (Å²) in [6.07, 6.45) is 0. The van der Waals surface area contributed by atoms with E-state index in [4.69, 9.17) is 11.6 Å². The van der Waals surface area contributed by atoms with Gasteiger partial charge in [-0.1, -0.05) is 29.8 Å². The Bertz CT molecular complexity index is 812. The predicted octanol–water partition coefficient (Wildman–Crippen LogP) is 2.51. The number of carbonyl (C=O) groups excluding carboxylic acids is 1. The number of sulfonamides is 1. The Labute approximate surface area is 134 Å². The fraction of sp³-hybridized carbons (Fsp3) is 0.286. The quantitative estimate of drug-likeness (QED) is 0.893. The highest BCUT2D eigenvalue weighted by atomic mass is 35.5. The van der Waals surface area contributed by atoms with Crippen molar-refractivity contribution in [1.29, 1.82) is 0 Å². The maximum Gasteiger partial charge on any atom is 0.300 e. The van der Waals surface area contributed by atoms with Crippen molar-refractivity contribution in [3.05, 3.63) is 40.8 Å². The number of carbonyl (C=O) groups is 1. The van der Waals surface area contributed by atoms with Gasteiger partial charge in [0.15, 0.2) is 5.82 Å². The molecule has 8 heteroatoms. The first-order chi connectivity index (χ1) is 10.2. The Hall–Kier alpha value is -1.86. The molecule has 2 N–H and O–H groups in total. The van der Waals surface area contributed by atoms with Crippen LogP contribution in [0, 0.1) is 6.92 Å². The van der Waals surface area contributed by atoms with Crippen molar-refractivity contribution in [2.45, 2.75) is 26.0 Å². The molecule has 0 saturated carbocycles. The fourth-order valence-corrected chi connectivity index (χ4v) is 2.59. The maximum absolute atomic E-state index is 12.0. The summed E-state index contributed by atoms with van der Waals surface area (Å²) >= 11 is 6.12. The standard InChI is InChI=1S/C14H16ClN3O3S/c1-8(2)22(20,21)18-14(19)13-16-9(3)12(17-13)10-6-4-5-7-11(10)15/h4-8H,1-3H3,(H,16,17)(H,18,19). The first-order valence-corrected chi connectivity index (χ1v) is 8.52. The third-order valence-electron chi connectivity index (χ3n) is 3.08. The van der Waals surface area contributed by atoms with E-state index in [1.165, 1.54) is 13.8 Å². The molecule has 0 radical (unpaired) electrons. The molecular formula is C14H16ClN3O3S. The molecule has 0 bridgehead atoms. The second kappa shape index (κ2) is 6.10. The first kappa shape index (κ1) is 16.5. The van der Waals surface area contributed by atoms with Gasteiger partial charge in [0, 0.05) is 11.3 Å². The van der Waals surface area contributed by atoms with Crippen LogP contribution in [0.25, 0.3) is 11.3 Å². The predicted molar refractivity (Wildman–Crippen MR) is 85.3 cm³/mol. The Kier molecular flexibility index (Phi) is 4.58. The molecule has 1 aromatic carbocycles. The van der Waals surface area contributed by atoms with Crippen LogP contribution >= 0.6 is 11.6 Å². The molecular weight excluding hydrogens is 326 g/mol. The highest BCUT2D eigenvalue weighted by Gasteiger charge is 2.23. The van der Waals surface area contributed by atoms with Gasteiger partial charge in [-0.3, -0.25) is 4.79 Å². The minimum atomic E-state index is -3.71. The summed E-state index contributed by atoms with van der Waals surface area (Å²) in [5, 5.41) is -0.214. The zero-order valence-electron chi connectivity index (χ0n) is 12.3. The normalized spacial score (nSPS) is 11.7. The number of aromatic amines is 1. The lowest BCUT2D eigenvalue weighted by Gasteiger charge is -2.07. The van der Waals surface area contributed by atoms with Crippen molar-refractivity contribution in [3.8, 4) is 11.3 Å². The van der Waals surface area contributed by atoms with E-state index in [2.05, 4.69) is 9.97 Å². The second-order valence-corrected chi connectivity index (χ2v) is 7.71. The van der Waals surface area contributed by atoms with Crippen LogP contribution in [-0.4, -0.2) is 29.5 Å². The number of aromatic nitrogens is 2. The van der Waals surface area contributed by atoms with E-state index in [9.17, 15) is 13.2 Å². The highest BCUT2D eigenvalue weighted by molar-refractivity contribution is 7.90. The second-order valence-electron chi connectivity index (χ2n) is 5.06. The van der Waals surface area contributed by atoms with Crippen LogP contribution in [-0.2, 0) is 10.0 Å². The molecule has 0 aliphatic heterocycles. The van der Waals surface area contributed by atoms with E-state index >= 15 is 0 Å². The van der Waals surface area contributed by atoms with Gasteiger partial charge in [0.2, 0.25) is 10.0 Å². The van der Waals surface area contributed by atoms with Gasteiger partial charge < -0.3 is 4.98 Å². The zero-order chi connectivity index (χ0) is 16.5. The third-order valence-corrected chi connectivity index (χ3v) is 5.13. The zero-order valence-corrected chi connectivity index (χ0v) is 13.9. The van der Waals surface area contributed by atoms with Crippen molar-refractivity contribution >= 4 is 27.5 Å². The molecule has 1 aromatic heterocycles. The van der Waals surface area contributed by atoms with Crippen LogP contribution in [0.3, 0.4) is 0 Å². The molecule has 2 rings (SSSR count). The minimum Gasteiger partial charge on any atom is -0.337 e. The van der Waals surface area contributed by atoms with Crippen LogP contribution in [0.4, 0.5) is 0 Å². The van der Waals surface area contributed by atoms with Crippen molar-refractivity contribution in [3.63, 3.8) is 0 Å². The average Bonchev–Trinajstić information content (AvgIpc) is 2.81. The van der Waals surface area contributed by atoms with Crippen molar-refractivity contribution in [2.24, 2.45) is 0 Å². The monoisotopic (exact) mass is 341 g/mol. The van der Waals surface area contributed by atoms with Gasteiger partial charge in [-0.25, -0.2) is 18.1 Å². The number of rotatable bonds is 4.